The minimum absolute atomic E-state index is 0.0268. The number of methoxy groups -OCH3 is 1. The first kappa shape index (κ1) is 20.4. The lowest BCUT2D eigenvalue weighted by molar-refractivity contribution is -0.116. The molecule has 8 heteroatoms. The van der Waals surface area contributed by atoms with E-state index in [-0.39, 0.29) is 29.6 Å². The summed E-state index contributed by atoms with van der Waals surface area (Å²) >= 11 is 0. The van der Waals surface area contributed by atoms with E-state index in [1.807, 2.05) is 6.07 Å². The van der Waals surface area contributed by atoms with Crippen molar-refractivity contribution in [2.75, 3.05) is 25.1 Å². The molecule has 1 N–H and O–H groups in total. The second kappa shape index (κ2) is 8.66. The molecule has 0 heterocycles. The van der Waals surface area contributed by atoms with Crippen molar-refractivity contribution in [2.45, 2.75) is 18.7 Å². The first-order valence-electron chi connectivity index (χ1n) is 8.21. The predicted molar refractivity (Wildman–Crippen MR) is 102 cm³/mol. The zero-order valence-electron chi connectivity index (χ0n) is 15.4. The van der Waals surface area contributed by atoms with E-state index in [0.717, 1.165) is 5.56 Å². The van der Waals surface area contributed by atoms with Gasteiger partial charge >= 0.3 is 0 Å². The summed E-state index contributed by atoms with van der Waals surface area (Å²) in [5, 5.41) is 8.86. The van der Waals surface area contributed by atoms with Crippen molar-refractivity contribution < 1.29 is 17.9 Å². The Bertz CT molecular complexity index is 963. The summed E-state index contributed by atoms with van der Waals surface area (Å²) in [5.74, 6) is 0.0238. The number of sulfonamides is 1. The Morgan fingerprint density at radius 2 is 1.89 bits per heavy atom. The summed E-state index contributed by atoms with van der Waals surface area (Å²) in [7, 11) is -2.39. The maximum absolute atomic E-state index is 12.6. The largest absolute Gasteiger partial charge is 0.495 e. The number of nitrogens with one attached hydrogen (secondary N) is 1. The summed E-state index contributed by atoms with van der Waals surface area (Å²) in [5.41, 5.74) is 1.86. The molecule has 1 amide bonds. The average molecular weight is 387 g/mol. The van der Waals surface area contributed by atoms with Crippen LogP contribution >= 0.6 is 0 Å². The van der Waals surface area contributed by atoms with Gasteiger partial charge in [-0.05, 0) is 48.9 Å². The number of benzene rings is 2. The standard InChI is InChI=1S/C19H21N3O4S/c1-14-4-9-18(26-3)19(12-14)27(24,25)21-10-11-22(15(2)23)17-7-5-16(13-20)6-8-17/h4-9,12,21H,10-11H2,1-3H3. The maximum atomic E-state index is 12.6. The highest BCUT2D eigenvalue weighted by Gasteiger charge is 2.20. The van der Waals surface area contributed by atoms with Gasteiger partial charge in [-0.3, -0.25) is 4.79 Å². The number of hydrogen-bond acceptors (Lipinski definition) is 5. The summed E-state index contributed by atoms with van der Waals surface area (Å²) < 4.78 is 32.8. The second-order valence-corrected chi connectivity index (χ2v) is 7.62. The monoisotopic (exact) mass is 387 g/mol. The predicted octanol–water partition coefficient (Wildman–Crippen LogP) is 2.21. The molecule has 0 aliphatic rings. The number of carbonyl (C=O) groups is 1. The molecule has 0 bridgehead atoms. The van der Waals surface area contributed by atoms with E-state index in [1.165, 1.54) is 25.0 Å². The van der Waals surface area contributed by atoms with E-state index in [2.05, 4.69) is 4.72 Å². The van der Waals surface area contributed by atoms with Crippen molar-refractivity contribution in [3.05, 3.63) is 53.6 Å². The van der Waals surface area contributed by atoms with Crippen LogP contribution in [0.3, 0.4) is 0 Å². The van der Waals surface area contributed by atoms with Gasteiger partial charge in [-0.25, -0.2) is 13.1 Å². The van der Waals surface area contributed by atoms with Gasteiger partial charge in [-0.15, -0.1) is 0 Å². The summed E-state index contributed by atoms with van der Waals surface area (Å²) in [6.45, 7) is 3.37. The number of rotatable bonds is 7. The summed E-state index contributed by atoms with van der Waals surface area (Å²) in [4.78, 5) is 13.4. The Morgan fingerprint density at radius 1 is 1.22 bits per heavy atom. The van der Waals surface area contributed by atoms with Crippen LogP contribution in [0.4, 0.5) is 5.69 Å². The third-order valence-corrected chi connectivity index (χ3v) is 5.41. The Hall–Kier alpha value is -2.89. The van der Waals surface area contributed by atoms with E-state index in [4.69, 9.17) is 10.00 Å². The molecule has 2 rings (SSSR count). The van der Waals surface area contributed by atoms with Gasteiger partial charge in [-0.1, -0.05) is 6.07 Å². The summed E-state index contributed by atoms with van der Waals surface area (Å²) in [6.07, 6.45) is 0. The van der Waals surface area contributed by atoms with Crippen LogP contribution in [-0.4, -0.2) is 34.5 Å². The number of nitriles is 1. The molecular weight excluding hydrogens is 366 g/mol. The van der Waals surface area contributed by atoms with Gasteiger partial charge in [-0.2, -0.15) is 5.26 Å². The van der Waals surface area contributed by atoms with Crippen molar-refractivity contribution in [2.24, 2.45) is 0 Å². The van der Waals surface area contributed by atoms with Gasteiger partial charge in [0, 0.05) is 25.7 Å². The lowest BCUT2D eigenvalue weighted by Gasteiger charge is -2.21. The van der Waals surface area contributed by atoms with Crippen LogP contribution in [0.1, 0.15) is 18.1 Å². The Labute approximate surface area is 159 Å². The molecule has 0 saturated carbocycles. The topological polar surface area (TPSA) is 99.5 Å². The van der Waals surface area contributed by atoms with Crippen LogP contribution in [-0.2, 0) is 14.8 Å². The number of carbonyl (C=O) groups excluding carboxylic acids is 1. The molecule has 0 spiro atoms. The zero-order valence-corrected chi connectivity index (χ0v) is 16.2. The van der Waals surface area contributed by atoms with Crippen LogP contribution < -0.4 is 14.4 Å². The quantitative estimate of drug-likeness (QED) is 0.785. The van der Waals surface area contributed by atoms with Gasteiger partial charge < -0.3 is 9.64 Å². The van der Waals surface area contributed by atoms with Crippen molar-refractivity contribution in [1.29, 1.82) is 5.26 Å². The molecule has 0 fully saturated rings. The first-order chi connectivity index (χ1) is 12.8. The highest BCUT2D eigenvalue weighted by molar-refractivity contribution is 7.89. The summed E-state index contributed by atoms with van der Waals surface area (Å²) in [6, 6.07) is 13.4. The lowest BCUT2D eigenvalue weighted by Crippen LogP contribution is -2.37. The molecule has 27 heavy (non-hydrogen) atoms. The van der Waals surface area contributed by atoms with E-state index in [0.29, 0.717) is 11.3 Å². The van der Waals surface area contributed by atoms with Gasteiger partial charge in [0.1, 0.15) is 10.6 Å². The van der Waals surface area contributed by atoms with Crippen LogP contribution in [0.25, 0.3) is 0 Å². The molecule has 7 nitrogen and oxygen atoms in total. The SMILES string of the molecule is COc1ccc(C)cc1S(=O)(=O)NCCN(C(C)=O)c1ccc(C#N)cc1. The van der Waals surface area contributed by atoms with Crippen LogP contribution in [0.2, 0.25) is 0 Å². The van der Waals surface area contributed by atoms with Crippen molar-refractivity contribution >= 4 is 21.6 Å². The normalized spacial score (nSPS) is 10.9. The molecule has 0 aliphatic carbocycles. The smallest absolute Gasteiger partial charge is 0.244 e. The number of hydrogen-bond donors (Lipinski definition) is 1. The molecule has 2 aromatic rings. The average Bonchev–Trinajstić information content (AvgIpc) is 2.65. The molecule has 2 aromatic carbocycles. The zero-order chi connectivity index (χ0) is 20.0. The first-order valence-corrected chi connectivity index (χ1v) is 9.69. The van der Waals surface area contributed by atoms with Gasteiger partial charge in [0.25, 0.3) is 0 Å². The van der Waals surface area contributed by atoms with Crippen molar-refractivity contribution in [1.82, 2.24) is 4.72 Å². The minimum atomic E-state index is -3.80. The number of amides is 1. The Kier molecular flexibility index (Phi) is 6.55. The Morgan fingerprint density at radius 3 is 2.44 bits per heavy atom. The second-order valence-electron chi connectivity index (χ2n) is 5.88. The maximum Gasteiger partial charge on any atom is 0.244 e. The van der Waals surface area contributed by atoms with Gasteiger partial charge in [0.05, 0.1) is 18.7 Å². The fraction of sp³-hybridized carbons (Fsp3) is 0.263. The van der Waals surface area contributed by atoms with E-state index < -0.39 is 10.0 Å². The number of nitrogens with zero attached hydrogens (tertiary/aromatic N) is 2. The molecule has 0 radical (unpaired) electrons. The Balaban J connectivity index is 2.13. The van der Waals surface area contributed by atoms with E-state index in [1.54, 1.807) is 43.3 Å². The number of anilines is 1. The van der Waals surface area contributed by atoms with Gasteiger partial charge in [0.2, 0.25) is 15.9 Å². The molecule has 0 saturated heterocycles. The van der Waals surface area contributed by atoms with E-state index >= 15 is 0 Å². The molecule has 0 atom stereocenters. The molecule has 0 aromatic heterocycles. The van der Waals surface area contributed by atoms with Crippen molar-refractivity contribution in [3.63, 3.8) is 0 Å². The van der Waals surface area contributed by atoms with Crippen LogP contribution in [0.15, 0.2) is 47.4 Å². The fourth-order valence-electron chi connectivity index (χ4n) is 2.55. The molecular formula is C19H21N3O4S. The van der Waals surface area contributed by atoms with E-state index in [9.17, 15) is 13.2 Å². The lowest BCUT2D eigenvalue weighted by atomic mass is 10.2. The van der Waals surface area contributed by atoms with Crippen molar-refractivity contribution in [3.8, 4) is 11.8 Å². The fourth-order valence-corrected chi connectivity index (χ4v) is 3.82. The molecule has 0 unspecified atom stereocenters. The van der Waals surface area contributed by atoms with Gasteiger partial charge in [0.15, 0.2) is 0 Å². The number of ether oxygens (including phenoxy) is 1. The third kappa shape index (κ3) is 5.06. The highest BCUT2D eigenvalue weighted by atomic mass is 32.2. The molecule has 142 valence electrons. The highest BCUT2D eigenvalue weighted by Crippen LogP contribution is 2.24. The van der Waals surface area contributed by atoms with Crippen LogP contribution in [0, 0.1) is 18.3 Å². The molecule has 0 aliphatic heterocycles. The minimum Gasteiger partial charge on any atom is -0.495 e. The van der Waals surface area contributed by atoms with Crippen LogP contribution in [0.5, 0.6) is 5.75 Å². The number of aryl methyl sites for hydroxylation is 1. The third-order valence-electron chi connectivity index (χ3n) is 3.92.